The highest BCUT2D eigenvalue weighted by Gasteiger charge is 2.11. The summed E-state index contributed by atoms with van der Waals surface area (Å²) in [5.41, 5.74) is 9.44. The lowest BCUT2D eigenvalue weighted by molar-refractivity contribution is 1.16. The molecule has 2 heterocycles. The summed E-state index contributed by atoms with van der Waals surface area (Å²) in [6.07, 6.45) is 3.74. The van der Waals surface area contributed by atoms with Crippen molar-refractivity contribution in [3.63, 3.8) is 0 Å². The number of benzene rings is 1. The average molecular weight is 288 g/mol. The summed E-state index contributed by atoms with van der Waals surface area (Å²) in [4.78, 5) is 8.99. The Balaban J connectivity index is 2.19. The molecule has 0 aliphatic carbocycles. The van der Waals surface area contributed by atoms with Crippen LogP contribution in [0.25, 0.3) is 22.4 Å². The zero-order chi connectivity index (χ0) is 15.7. The zero-order valence-electron chi connectivity index (χ0n) is 13.5. The van der Waals surface area contributed by atoms with Gasteiger partial charge in [0.15, 0.2) is 0 Å². The smallest absolute Gasteiger partial charge is 0.0729 e. The molecular weight excluding hydrogens is 268 g/mol. The van der Waals surface area contributed by atoms with Gasteiger partial charge in [-0.3, -0.25) is 9.97 Å². The van der Waals surface area contributed by atoms with E-state index in [1.165, 1.54) is 27.8 Å². The third kappa shape index (κ3) is 2.52. The van der Waals surface area contributed by atoms with Crippen LogP contribution in [0.4, 0.5) is 0 Å². The molecule has 0 aliphatic rings. The summed E-state index contributed by atoms with van der Waals surface area (Å²) < 4.78 is 0. The Morgan fingerprint density at radius 2 is 1.32 bits per heavy atom. The van der Waals surface area contributed by atoms with Gasteiger partial charge in [0.05, 0.1) is 5.69 Å². The fourth-order valence-electron chi connectivity index (χ4n) is 3.07. The minimum atomic E-state index is 0.989. The first-order chi connectivity index (χ1) is 10.6. The number of aromatic nitrogens is 2. The van der Waals surface area contributed by atoms with Crippen molar-refractivity contribution in [2.45, 2.75) is 27.7 Å². The van der Waals surface area contributed by atoms with E-state index in [0.717, 1.165) is 17.0 Å². The standard InChI is InChI=1S/C20H20N2/c1-13-6-5-7-14(2)19(13)17-9-11-22-18(12-17)20-15(3)8-10-21-16(20)4/h5-12H,1-4H3. The molecule has 2 heteroatoms. The molecule has 0 atom stereocenters. The SMILES string of the molecule is Cc1cccc(C)c1-c1ccnc(-c2c(C)ccnc2C)c1. The van der Waals surface area contributed by atoms with E-state index < -0.39 is 0 Å². The molecule has 1 aromatic carbocycles. The number of nitrogens with zero attached hydrogens (tertiary/aromatic N) is 2. The van der Waals surface area contributed by atoms with Crippen LogP contribution < -0.4 is 0 Å². The molecule has 0 aliphatic heterocycles. The van der Waals surface area contributed by atoms with Crippen molar-refractivity contribution in [2.24, 2.45) is 0 Å². The molecule has 2 nitrogen and oxygen atoms in total. The van der Waals surface area contributed by atoms with E-state index in [4.69, 9.17) is 0 Å². The first kappa shape index (κ1) is 14.5. The summed E-state index contributed by atoms with van der Waals surface area (Å²) in [7, 11) is 0. The van der Waals surface area contributed by atoms with Crippen molar-refractivity contribution >= 4 is 0 Å². The molecule has 3 aromatic rings. The summed E-state index contributed by atoms with van der Waals surface area (Å²) in [5, 5.41) is 0. The van der Waals surface area contributed by atoms with Crippen LogP contribution in [0.15, 0.2) is 48.8 Å². The van der Waals surface area contributed by atoms with Gasteiger partial charge in [-0.15, -0.1) is 0 Å². The Kier molecular flexibility index (Phi) is 3.76. The number of aryl methyl sites for hydroxylation is 4. The molecular formula is C20H20N2. The highest BCUT2D eigenvalue weighted by atomic mass is 14.7. The van der Waals surface area contributed by atoms with Crippen LogP contribution in [0.2, 0.25) is 0 Å². The van der Waals surface area contributed by atoms with Crippen molar-refractivity contribution in [1.82, 2.24) is 9.97 Å². The van der Waals surface area contributed by atoms with E-state index in [1.807, 2.05) is 25.4 Å². The van der Waals surface area contributed by atoms with Crippen molar-refractivity contribution < 1.29 is 0 Å². The van der Waals surface area contributed by atoms with Gasteiger partial charge in [-0.2, -0.15) is 0 Å². The summed E-state index contributed by atoms with van der Waals surface area (Å²) in [6, 6.07) is 12.7. The fourth-order valence-corrected chi connectivity index (χ4v) is 3.07. The normalized spacial score (nSPS) is 10.7. The second kappa shape index (κ2) is 5.72. The maximum Gasteiger partial charge on any atom is 0.0729 e. The molecule has 0 unspecified atom stereocenters. The third-order valence-electron chi connectivity index (χ3n) is 4.13. The summed E-state index contributed by atoms with van der Waals surface area (Å²) in [5.74, 6) is 0. The number of hydrogen-bond donors (Lipinski definition) is 0. The predicted molar refractivity (Wildman–Crippen MR) is 91.9 cm³/mol. The van der Waals surface area contributed by atoms with Crippen LogP contribution in [-0.2, 0) is 0 Å². The number of hydrogen-bond acceptors (Lipinski definition) is 2. The van der Waals surface area contributed by atoms with E-state index in [0.29, 0.717) is 0 Å². The number of rotatable bonds is 2. The lowest BCUT2D eigenvalue weighted by atomic mass is 9.94. The maximum atomic E-state index is 4.58. The van der Waals surface area contributed by atoms with Gasteiger partial charge < -0.3 is 0 Å². The predicted octanol–water partition coefficient (Wildman–Crippen LogP) is 5.04. The first-order valence-corrected chi connectivity index (χ1v) is 7.53. The zero-order valence-corrected chi connectivity index (χ0v) is 13.5. The van der Waals surface area contributed by atoms with Gasteiger partial charge in [-0.25, -0.2) is 0 Å². The second-order valence-corrected chi connectivity index (χ2v) is 5.78. The van der Waals surface area contributed by atoms with Crippen molar-refractivity contribution in [2.75, 3.05) is 0 Å². The van der Waals surface area contributed by atoms with Gasteiger partial charge in [0.2, 0.25) is 0 Å². The van der Waals surface area contributed by atoms with Gasteiger partial charge in [-0.1, -0.05) is 18.2 Å². The van der Waals surface area contributed by atoms with Gasteiger partial charge in [0.1, 0.15) is 0 Å². The van der Waals surface area contributed by atoms with Crippen molar-refractivity contribution in [3.05, 3.63) is 71.2 Å². The lowest BCUT2D eigenvalue weighted by Gasteiger charge is -2.13. The van der Waals surface area contributed by atoms with E-state index in [-0.39, 0.29) is 0 Å². The maximum absolute atomic E-state index is 4.58. The van der Waals surface area contributed by atoms with Crippen molar-refractivity contribution in [3.8, 4) is 22.4 Å². The van der Waals surface area contributed by atoms with E-state index in [1.54, 1.807) is 0 Å². The van der Waals surface area contributed by atoms with Crippen molar-refractivity contribution in [1.29, 1.82) is 0 Å². The van der Waals surface area contributed by atoms with Gasteiger partial charge in [-0.05, 0) is 73.7 Å². The molecule has 0 saturated carbocycles. The largest absolute Gasteiger partial charge is 0.261 e. The quantitative estimate of drug-likeness (QED) is 0.660. The second-order valence-electron chi connectivity index (χ2n) is 5.78. The van der Waals surface area contributed by atoms with E-state index in [2.05, 4.69) is 61.1 Å². The monoisotopic (exact) mass is 288 g/mol. The molecule has 110 valence electrons. The molecule has 0 N–H and O–H groups in total. The van der Waals surface area contributed by atoms with Gasteiger partial charge in [0.25, 0.3) is 0 Å². The topological polar surface area (TPSA) is 25.8 Å². The Morgan fingerprint density at radius 3 is 2.00 bits per heavy atom. The van der Waals surface area contributed by atoms with E-state index in [9.17, 15) is 0 Å². The molecule has 0 spiro atoms. The molecule has 0 bridgehead atoms. The lowest BCUT2D eigenvalue weighted by Crippen LogP contribution is -1.95. The molecule has 0 fully saturated rings. The Morgan fingerprint density at radius 1 is 0.682 bits per heavy atom. The molecule has 2 aromatic heterocycles. The Hall–Kier alpha value is -2.48. The van der Waals surface area contributed by atoms with Crippen LogP contribution in [0.1, 0.15) is 22.4 Å². The fraction of sp³-hybridized carbons (Fsp3) is 0.200. The highest BCUT2D eigenvalue weighted by Crippen LogP contribution is 2.31. The molecule has 0 amide bonds. The van der Waals surface area contributed by atoms with Crippen LogP contribution in [0.5, 0.6) is 0 Å². The molecule has 0 radical (unpaired) electrons. The third-order valence-corrected chi connectivity index (χ3v) is 4.13. The summed E-state index contributed by atoms with van der Waals surface area (Å²) >= 11 is 0. The number of pyridine rings is 2. The van der Waals surface area contributed by atoms with Crippen LogP contribution >= 0.6 is 0 Å². The molecule has 3 rings (SSSR count). The highest BCUT2D eigenvalue weighted by molar-refractivity contribution is 5.76. The van der Waals surface area contributed by atoms with E-state index >= 15 is 0 Å². The summed E-state index contributed by atoms with van der Waals surface area (Å²) in [6.45, 7) is 8.46. The minimum absolute atomic E-state index is 0.989. The van der Waals surface area contributed by atoms with Crippen LogP contribution in [0, 0.1) is 27.7 Å². The molecule has 0 saturated heterocycles. The van der Waals surface area contributed by atoms with Gasteiger partial charge in [0, 0.05) is 23.7 Å². The Labute approximate surface area is 131 Å². The average Bonchev–Trinajstić information content (AvgIpc) is 2.47. The Bertz CT molecular complexity index is 728. The first-order valence-electron chi connectivity index (χ1n) is 7.53. The van der Waals surface area contributed by atoms with Crippen LogP contribution in [-0.4, -0.2) is 9.97 Å². The van der Waals surface area contributed by atoms with Gasteiger partial charge >= 0.3 is 0 Å². The molecule has 22 heavy (non-hydrogen) atoms. The minimum Gasteiger partial charge on any atom is -0.261 e. The van der Waals surface area contributed by atoms with Crippen LogP contribution in [0.3, 0.4) is 0 Å².